The van der Waals surface area contributed by atoms with Gasteiger partial charge in [0.05, 0.1) is 26.2 Å². The Morgan fingerprint density at radius 1 is 1.30 bits per heavy atom. The number of halogens is 2. The topological polar surface area (TPSA) is 83.6 Å². The highest BCUT2D eigenvalue weighted by molar-refractivity contribution is 7.89. The Hall–Kier alpha value is -0.530. The van der Waals surface area contributed by atoms with Gasteiger partial charge in [-0.3, -0.25) is 0 Å². The molecule has 0 heterocycles. The van der Waals surface area contributed by atoms with Crippen molar-refractivity contribution in [2.45, 2.75) is 31.3 Å². The predicted molar refractivity (Wildman–Crippen MR) is 81.6 cm³/mol. The van der Waals surface area contributed by atoms with Gasteiger partial charge in [0.15, 0.2) is 0 Å². The minimum Gasteiger partial charge on any atom is -0.396 e. The lowest BCUT2D eigenvalue weighted by Gasteiger charge is -2.27. The van der Waals surface area contributed by atoms with Gasteiger partial charge >= 0.3 is 0 Å². The lowest BCUT2D eigenvalue weighted by Crippen LogP contribution is -2.42. The smallest absolute Gasteiger partial charge is 0.243 e. The average Bonchev–Trinajstić information content (AvgIpc) is 2.30. The summed E-state index contributed by atoms with van der Waals surface area (Å²) >= 11 is 11.7. The van der Waals surface area contributed by atoms with Gasteiger partial charge in [0, 0.05) is 13.1 Å². The molecule has 0 unspecified atom stereocenters. The van der Waals surface area contributed by atoms with Crippen molar-refractivity contribution < 1.29 is 13.5 Å². The van der Waals surface area contributed by atoms with Gasteiger partial charge in [0.1, 0.15) is 0 Å². The van der Waals surface area contributed by atoms with Crippen molar-refractivity contribution in [3.05, 3.63) is 22.2 Å². The summed E-state index contributed by atoms with van der Waals surface area (Å²) in [6.45, 7) is 4.93. The first-order chi connectivity index (χ1) is 8.99. The van der Waals surface area contributed by atoms with Crippen LogP contribution < -0.4 is 5.73 Å². The number of hydrogen-bond acceptors (Lipinski definition) is 4. The number of nitrogens with zero attached hydrogens (tertiary/aromatic N) is 1. The van der Waals surface area contributed by atoms with Crippen molar-refractivity contribution in [1.82, 2.24) is 4.31 Å². The molecule has 1 rings (SSSR count). The van der Waals surface area contributed by atoms with Crippen LogP contribution in [0, 0.1) is 0 Å². The lowest BCUT2D eigenvalue weighted by molar-refractivity contribution is 0.0601. The Bertz CT molecular complexity index is 574. The molecular formula is C12H18Cl2N2O3S. The molecule has 0 aliphatic rings. The van der Waals surface area contributed by atoms with Crippen LogP contribution in [-0.2, 0) is 10.0 Å². The second-order valence-electron chi connectivity index (χ2n) is 5.04. The van der Waals surface area contributed by atoms with Gasteiger partial charge in [-0.05, 0) is 26.0 Å². The second-order valence-corrected chi connectivity index (χ2v) is 7.80. The number of nitrogen functional groups attached to an aromatic ring is 1. The van der Waals surface area contributed by atoms with Crippen molar-refractivity contribution in [2.75, 3.05) is 18.8 Å². The third-order valence-electron chi connectivity index (χ3n) is 2.61. The minimum absolute atomic E-state index is 0.0363. The fourth-order valence-electron chi connectivity index (χ4n) is 1.66. The number of hydrogen-bond donors (Lipinski definition) is 2. The molecule has 0 radical (unpaired) electrons. The van der Waals surface area contributed by atoms with E-state index in [1.165, 1.54) is 26.0 Å². The number of likely N-dealkylation sites (N-methyl/N-ethyl adjacent to an activating group) is 1. The Labute approximate surface area is 129 Å². The molecule has 1 aromatic carbocycles. The molecule has 5 nitrogen and oxygen atoms in total. The van der Waals surface area contributed by atoms with Gasteiger partial charge < -0.3 is 10.8 Å². The SMILES string of the molecule is CCN(CC(C)(C)O)S(=O)(=O)c1cc(Cl)c(N)c(Cl)c1. The summed E-state index contributed by atoms with van der Waals surface area (Å²) in [6.07, 6.45) is 0. The molecule has 0 bridgehead atoms. The van der Waals surface area contributed by atoms with Crippen LogP contribution in [-0.4, -0.2) is 36.5 Å². The lowest BCUT2D eigenvalue weighted by atomic mass is 10.1. The number of aliphatic hydroxyl groups is 1. The van der Waals surface area contributed by atoms with Gasteiger partial charge in [-0.2, -0.15) is 4.31 Å². The van der Waals surface area contributed by atoms with Crippen molar-refractivity contribution in [2.24, 2.45) is 0 Å². The van der Waals surface area contributed by atoms with E-state index in [2.05, 4.69) is 0 Å². The van der Waals surface area contributed by atoms with E-state index in [1.54, 1.807) is 6.92 Å². The first-order valence-electron chi connectivity index (χ1n) is 5.96. The highest BCUT2D eigenvalue weighted by atomic mass is 35.5. The van der Waals surface area contributed by atoms with Crippen LogP contribution in [0.25, 0.3) is 0 Å². The molecule has 1 aromatic rings. The van der Waals surface area contributed by atoms with Gasteiger partial charge in [-0.15, -0.1) is 0 Å². The molecule has 0 saturated carbocycles. The molecule has 3 N–H and O–H groups in total. The highest BCUT2D eigenvalue weighted by Crippen LogP contribution is 2.32. The molecule has 8 heteroatoms. The standard InChI is InChI=1S/C12H18Cl2N2O3S/c1-4-16(7-12(2,3)17)20(18,19)8-5-9(13)11(15)10(14)6-8/h5-6,17H,4,7,15H2,1-3H3. The first-order valence-corrected chi connectivity index (χ1v) is 8.15. The van der Waals surface area contributed by atoms with Crippen LogP contribution in [0.3, 0.4) is 0 Å². The zero-order valence-electron chi connectivity index (χ0n) is 11.5. The Morgan fingerprint density at radius 3 is 2.10 bits per heavy atom. The third kappa shape index (κ3) is 3.99. The Kier molecular flexibility index (Phi) is 5.32. The molecule has 0 saturated heterocycles. The number of rotatable bonds is 5. The molecule has 0 atom stereocenters. The molecule has 0 spiro atoms. The van der Waals surface area contributed by atoms with Crippen molar-refractivity contribution in [1.29, 1.82) is 0 Å². The van der Waals surface area contributed by atoms with Gasteiger partial charge in [-0.25, -0.2) is 8.42 Å². The normalized spacial score (nSPS) is 12.9. The molecule has 20 heavy (non-hydrogen) atoms. The Morgan fingerprint density at radius 2 is 1.75 bits per heavy atom. The van der Waals surface area contributed by atoms with Crippen LogP contribution >= 0.6 is 23.2 Å². The molecule has 0 aliphatic heterocycles. The quantitative estimate of drug-likeness (QED) is 0.806. The van der Waals surface area contributed by atoms with E-state index in [4.69, 9.17) is 28.9 Å². The number of sulfonamides is 1. The van der Waals surface area contributed by atoms with Crippen LogP contribution in [0.15, 0.2) is 17.0 Å². The summed E-state index contributed by atoms with van der Waals surface area (Å²) < 4.78 is 26.2. The monoisotopic (exact) mass is 340 g/mol. The molecule has 0 fully saturated rings. The summed E-state index contributed by atoms with van der Waals surface area (Å²) in [4.78, 5) is -0.0483. The van der Waals surface area contributed by atoms with Crippen LogP contribution in [0.4, 0.5) is 5.69 Å². The Balaban J connectivity index is 3.28. The summed E-state index contributed by atoms with van der Waals surface area (Å²) in [5, 5.41) is 9.96. The van der Waals surface area contributed by atoms with Crippen molar-refractivity contribution >= 4 is 38.9 Å². The van der Waals surface area contributed by atoms with E-state index in [-0.39, 0.29) is 33.7 Å². The number of nitrogens with two attached hydrogens (primary N) is 1. The molecule has 0 aliphatic carbocycles. The van der Waals surface area contributed by atoms with Crippen LogP contribution in [0.2, 0.25) is 10.0 Å². The summed E-state index contributed by atoms with van der Waals surface area (Å²) in [5.41, 5.74) is 4.58. The van der Waals surface area contributed by atoms with Gasteiger partial charge in [-0.1, -0.05) is 30.1 Å². The maximum Gasteiger partial charge on any atom is 0.243 e. The molecule has 0 amide bonds. The second kappa shape index (κ2) is 6.07. The molecular weight excluding hydrogens is 323 g/mol. The van der Waals surface area contributed by atoms with Crippen molar-refractivity contribution in [3.63, 3.8) is 0 Å². The summed E-state index contributed by atoms with van der Waals surface area (Å²) in [5.74, 6) is 0. The zero-order valence-corrected chi connectivity index (χ0v) is 13.8. The summed E-state index contributed by atoms with van der Waals surface area (Å²) in [7, 11) is -3.80. The fourth-order valence-corrected chi connectivity index (χ4v) is 3.93. The van der Waals surface area contributed by atoms with E-state index >= 15 is 0 Å². The third-order valence-corrected chi connectivity index (χ3v) is 5.13. The van der Waals surface area contributed by atoms with Crippen molar-refractivity contribution in [3.8, 4) is 0 Å². The van der Waals surface area contributed by atoms with E-state index in [0.717, 1.165) is 4.31 Å². The van der Waals surface area contributed by atoms with E-state index in [9.17, 15) is 13.5 Å². The minimum atomic E-state index is -3.80. The van der Waals surface area contributed by atoms with E-state index in [1.807, 2.05) is 0 Å². The van der Waals surface area contributed by atoms with Gasteiger partial charge in [0.2, 0.25) is 10.0 Å². The summed E-state index contributed by atoms with van der Waals surface area (Å²) in [6, 6.07) is 2.51. The predicted octanol–water partition coefficient (Wildman–Crippen LogP) is 2.36. The molecule has 0 aromatic heterocycles. The largest absolute Gasteiger partial charge is 0.396 e. The van der Waals surface area contributed by atoms with E-state index < -0.39 is 15.6 Å². The molecule has 114 valence electrons. The first kappa shape index (κ1) is 17.5. The van der Waals surface area contributed by atoms with Crippen LogP contribution in [0.1, 0.15) is 20.8 Å². The highest BCUT2D eigenvalue weighted by Gasteiger charge is 2.29. The van der Waals surface area contributed by atoms with Crippen LogP contribution in [0.5, 0.6) is 0 Å². The van der Waals surface area contributed by atoms with Gasteiger partial charge in [0.25, 0.3) is 0 Å². The fraction of sp³-hybridized carbons (Fsp3) is 0.500. The average molecular weight is 341 g/mol. The van der Waals surface area contributed by atoms with E-state index in [0.29, 0.717) is 0 Å². The maximum atomic E-state index is 12.5. The number of anilines is 1. The zero-order chi connectivity index (χ0) is 15.7. The number of benzene rings is 1. The maximum absolute atomic E-state index is 12.5.